The fourth-order valence-corrected chi connectivity index (χ4v) is 1.99. The molecule has 0 aliphatic rings. The molecule has 100 valence electrons. The molecule has 0 radical (unpaired) electrons. The Morgan fingerprint density at radius 1 is 1.53 bits per heavy atom. The first-order valence-electron chi connectivity index (χ1n) is 4.99. The summed E-state index contributed by atoms with van der Waals surface area (Å²) in [7, 11) is 1.83. The summed E-state index contributed by atoms with van der Waals surface area (Å²) >= 11 is 1.58. The van der Waals surface area contributed by atoms with Crippen LogP contribution >= 0.6 is 36.2 Å². The SMILES string of the molecule is CNCCC(=O)NC(C)c1nc(C)cs1.Cl.Cl. The van der Waals surface area contributed by atoms with Crippen LogP contribution in [0.25, 0.3) is 0 Å². The zero-order valence-electron chi connectivity index (χ0n) is 10.1. The minimum atomic E-state index is 0. The molecule has 0 aromatic carbocycles. The molecule has 1 heterocycles. The van der Waals surface area contributed by atoms with E-state index in [9.17, 15) is 4.79 Å². The van der Waals surface area contributed by atoms with Gasteiger partial charge in [-0.2, -0.15) is 0 Å². The van der Waals surface area contributed by atoms with Gasteiger partial charge in [-0.25, -0.2) is 4.98 Å². The average Bonchev–Trinajstić information content (AvgIpc) is 2.61. The molecule has 2 N–H and O–H groups in total. The van der Waals surface area contributed by atoms with Gasteiger partial charge >= 0.3 is 0 Å². The van der Waals surface area contributed by atoms with E-state index in [0.29, 0.717) is 13.0 Å². The molecule has 4 nitrogen and oxygen atoms in total. The molecule has 0 saturated heterocycles. The Balaban J connectivity index is 0. The lowest BCUT2D eigenvalue weighted by atomic mass is 10.3. The van der Waals surface area contributed by atoms with Crippen LogP contribution in [-0.4, -0.2) is 24.5 Å². The maximum absolute atomic E-state index is 11.4. The molecule has 1 aromatic heterocycles. The van der Waals surface area contributed by atoms with Crippen LogP contribution in [0.1, 0.15) is 30.1 Å². The van der Waals surface area contributed by atoms with Gasteiger partial charge in [-0.15, -0.1) is 36.2 Å². The predicted molar refractivity (Wildman–Crippen MR) is 76.4 cm³/mol. The van der Waals surface area contributed by atoms with Crippen molar-refractivity contribution < 1.29 is 4.79 Å². The highest BCUT2D eigenvalue weighted by atomic mass is 35.5. The van der Waals surface area contributed by atoms with Crippen molar-refractivity contribution >= 4 is 42.1 Å². The summed E-state index contributed by atoms with van der Waals surface area (Å²) in [5.74, 6) is 0.0599. The highest BCUT2D eigenvalue weighted by Gasteiger charge is 2.11. The van der Waals surface area contributed by atoms with Gasteiger partial charge in [-0.1, -0.05) is 0 Å². The van der Waals surface area contributed by atoms with Crippen LogP contribution in [0, 0.1) is 6.92 Å². The van der Waals surface area contributed by atoms with Crippen molar-refractivity contribution in [3.8, 4) is 0 Å². The lowest BCUT2D eigenvalue weighted by Gasteiger charge is -2.10. The number of halogens is 2. The standard InChI is InChI=1S/C10H17N3OS.2ClH/c1-7-6-15-10(12-7)8(2)13-9(14)4-5-11-3;;/h6,8,11H,4-5H2,1-3H3,(H,13,14);2*1H. The van der Waals surface area contributed by atoms with Gasteiger partial charge in [0.2, 0.25) is 5.91 Å². The number of carbonyl (C=O) groups is 1. The summed E-state index contributed by atoms with van der Waals surface area (Å²) in [5, 5.41) is 8.81. The molecule has 0 bridgehead atoms. The molecule has 1 unspecified atom stereocenters. The van der Waals surface area contributed by atoms with Crippen molar-refractivity contribution in [1.29, 1.82) is 0 Å². The first-order chi connectivity index (χ1) is 7.13. The van der Waals surface area contributed by atoms with Gasteiger partial charge in [0.15, 0.2) is 0 Å². The maximum atomic E-state index is 11.4. The van der Waals surface area contributed by atoms with Crippen molar-refractivity contribution in [3.05, 3.63) is 16.1 Å². The third-order valence-corrected chi connectivity index (χ3v) is 3.13. The Labute approximate surface area is 118 Å². The molecule has 1 amide bonds. The third kappa shape index (κ3) is 6.83. The Morgan fingerprint density at radius 2 is 2.18 bits per heavy atom. The van der Waals surface area contributed by atoms with Crippen LogP contribution in [0.4, 0.5) is 0 Å². The van der Waals surface area contributed by atoms with Crippen molar-refractivity contribution in [2.45, 2.75) is 26.3 Å². The van der Waals surface area contributed by atoms with E-state index < -0.39 is 0 Å². The first-order valence-corrected chi connectivity index (χ1v) is 5.87. The Bertz CT molecular complexity index is 333. The molecule has 1 aromatic rings. The maximum Gasteiger partial charge on any atom is 0.221 e. The molecule has 0 aliphatic heterocycles. The second-order valence-corrected chi connectivity index (χ2v) is 4.36. The van der Waals surface area contributed by atoms with Crippen LogP contribution in [-0.2, 0) is 4.79 Å². The molecule has 1 atom stereocenters. The van der Waals surface area contributed by atoms with Gasteiger partial charge in [0.25, 0.3) is 0 Å². The minimum Gasteiger partial charge on any atom is -0.347 e. The first kappa shape index (κ1) is 19.0. The zero-order chi connectivity index (χ0) is 11.3. The van der Waals surface area contributed by atoms with Crippen molar-refractivity contribution in [1.82, 2.24) is 15.6 Å². The van der Waals surface area contributed by atoms with E-state index in [0.717, 1.165) is 10.7 Å². The van der Waals surface area contributed by atoms with Gasteiger partial charge in [0.1, 0.15) is 5.01 Å². The van der Waals surface area contributed by atoms with Crippen LogP contribution in [0.5, 0.6) is 0 Å². The van der Waals surface area contributed by atoms with Crippen LogP contribution < -0.4 is 10.6 Å². The largest absolute Gasteiger partial charge is 0.347 e. The molecule has 0 aliphatic carbocycles. The van der Waals surface area contributed by atoms with Crippen LogP contribution in [0.2, 0.25) is 0 Å². The van der Waals surface area contributed by atoms with Crippen LogP contribution in [0.15, 0.2) is 5.38 Å². The number of thiazole rings is 1. The number of aromatic nitrogens is 1. The Kier molecular flexibility index (Phi) is 10.8. The van der Waals surface area contributed by atoms with E-state index in [1.54, 1.807) is 11.3 Å². The number of hydrogen-bond donors (Lipinski definition) is 2. The number of aryl methyl sites for hydroxylation is 1. The highest BCUT2D eigenvalue weighted by Crippen LogP contribution is 2.17. The van der Waals surface area contributed by atoms with E-state index in [2.05, 4.69) is 15.6 Å². The number of hydrogen-bond acceptors (Lipinski definition) is 4. The molecule has 7 heteroatoms. The quantitative estimate of drug-likeness (QED) is 0.875. The van der Waals surface area contributed by atoms with Gasteiger partial charge in [-0.3, -0.25) is 4.79 Å². The second-order valence-electron chi connectivity index (χ2n) is 3.47. The number of rotatable bonds is 5. The topological polar surface area (TPSA) is 54.0 Å². The Morgan fingerprint density at radius 3 is 2.65 bits per heavy atom. The number of amides is 1. The molecule has 0 saturated carbocycles. The zero-order valence-corrected chi connectivity index (χ0v) is 12.6. The summed E-state index contributed by atoms with van der Waals surface area (Å²) in [6.07, 6.45) is 0.505. The number of nitrogens with zero attached hydrogens (tertiary/aromatic N) is 1. The molecular weight excluding hydrogens is 281 g/mol. The van der Waals surface area contributed by atoms with E-state index >= 15 is 0 Å². The highest BCUT2D eigenvalue weighted by molar-refractivity contribution is 7.09. The smallest absolute Gasteiger partial charge is 0.221 e. The lowest BCUT2D eigenvalue weighted by Crippen LogP contribution is -2.28. The summed E-state index contributed by atoms with van der Waals surface area (Å²) in [6.45, 7) is 4.61. The summed E-state index contributed by atoms with van der Waals surface area (Å²) in [4.78, 5) is 15.8. The van der Waals surface area contributed by atoms with E-state index in [4.69, 9.17) is 0 Å². The normalized spacial score (nSPS) is 11.0. The van der Waals surface area contributed by atoms with Gasteiger partial charge < -0.3 is 10.6 Å². The molecule has 0 spiro atoms. The Hall–Kier alpha value is -0.360. The fourth-order valence-electron chi connectivity index (χ4n) is 1.18. The fraction of sp³-hybridized carbons (Fsp3) is 0.600. The molecule has 17 heavy (non-hydrogen) atoms. The monoisotopic (exact) mass is 299 g/mol. The molecule has 0 fully saturated rings. The number of carbonyl (C=O) groups excluding carboxylic acids is 1. The summed E-state index contributed by atoms with van der Waals surface area (Å²) in [5.41, 5.74) is 1.01. The second kappa shape index (κ2) is 9.65. The van der Waals surface area contributed by atoms with Crippen molar-refractivity contribution in [2.75, 3.05) is 13.6 Å². The van der Waals surface area contributed by atoms with Gasteiger partial charge in [-0.05, 0) is 20.9 Å². The van der Waals surface area contributed by atoms with Gasteiger partial charge in [0, 0.05) is 24.0 Å². The van der Waals surface area contributed by atoms with Gasteiger partial charge in [0.05, 0.1) is 6.04 Å². The van der Waals surface area contributed by atoms with E-state index in [1.165, 1.54) is 0 Å². The molecular formula is C10H19Cl2N3OS. The predicted octanol–water partition coefficient (Wildman–Crippen LogP) is 2.08. The summed E-state index contributed by atoms with van der Waals surface area (Å²) < 4.78 is 0. The van der Waals surface area contributed by atoms with Crippen LogP contribution in [0.3, 0.4) is 0 Å². The summed E-state index contributed by atoms with van der Waals surface area (Å²) in [6, 6.07) is 0.00746. The lowest BCUT2D eigenvalue weighted by molar-refractivity contribution is -0.121. The van der Waals surface area contributed by atoms with E-state index in [-0.39, 0.29) is 36.8 Å². The molecule has 1 rings (SSSR count). The van der Waals surface area contributed by atoms with Crippen molar-refractivity contribution in [3.63, 3.8) is 0 Å². The average molecular weight is 300 g/mol. The number of nitrogens with one attached hydrogen (secondary N) is 2. The van der Waals surface area contributed by atoms with Crippen molar-refractivity contribution in [2.24, 2.45) is 0 Å². The van der Waals surface area contributed by atoms with E-state index in [1.807, 2.05) is 26.3 Å². The third-order valence-electron chi connectivity index (χ3n) is 1.99. The minimum absolute atomic E-state index is 0.